The number of nitrogens with zero attached hydrogens (tertiary/aromatic N) is 6. The van der Waals surface area contributed by atoms with Gasteiger partial charge < -0.3 is 28.8 Å². The van der Waals surface area contributed by atoms with Gasteiger partial charge in [-0.05, 0) is 63.4 Å². The molecule has 0 unspecified atom stereocenters. The van der Waals surface area contributed by atoms with Crippen molar-refractivity contribution in [2.24, 2.45) is 5.92 Å². The van der Waals surface area contributed by atoms with Crippen LogP contribution in [0.5, 0.6) is 6.01 Å². The third kappa shape index (κ3) is 6.22. The SMILES string of the molecule is C[C@H]1CN(C(=O)OC(C)(C)C)CC[C@@H]1n1c(O[C@H]2C[C@@H](C(=O)O)N(c3nc(C(F)(F)F)nc4c3oc3ccccc34)C2)nc2cc(Cl)ccc21. The normalized spacial score (nSPS) is 21.8. The molecule has 0 aliphatic carbocycles. The summed E-state index contributed by atoms with van der Waals surface area (Å²) in [5.41, 5.74) is 0.794. The van der Waals surface area contributed by atoms with E-state index in [1.54, 1.807) is 41.3 Å². The van der Waals surface area contributed by atoms with Gasteiger partial charge in [-0.1, -0.05) is 30.7 Å². The van der Waals surface area contributed by atoms with Crippen LogP contribution < -0.4 is 9.64 Å². The number of piperidine rings is 1. The predicted molar refractivity (Wildman–Crippen MR) is 177 cm³/mol. The fourth-order valence-electron chi connectivity index (χ4n) is 6.86. The molecule has 4 atom stereocenters. The lowest BCUT2D eigenvalue weighted by Crippen LogP contribution is -2.45. The van der Waals surface area contributed by atoms with E-state index in [2.05, 4.69) is 9.97 Å². The van der Waals surface area contributed by atoms with Gasteiger partial charge in [-0.15, -0.1) is 0 Å². The highest BCUT2D eigenvalue weighted by Gasteiger charge is 2.44. The van der Waals surface area contributed by atoms with Crippen molar-refractivity contribution in [2.45, 2.75) is 70.5 Å². The van der Waals surface area contributed by atoms with E-state index in [-0.39, 0.29) is 53.4 Å². The first-order valence-electron chi connectivity index (χ1n) is 16.2. The Morgan fingerprint density at radius 3 is 2.52 bits per heavy atom. The van der Waals surface area contributed by atoms with E-state index in [9.17, 15) is 27.9 Å². The number of imidazole rings is 1. The molecule has 0 spiro atoms. The van der Waals surface area contributed by atoms with Crippen molar-refractivity contribution >= 4 is 62.6 Å². The largest absolute Gasteiger partial charge is 0.480 e. The zero-order chi connectivity index (χ0) is 35.7. The molecule has 3 aromatic heterocycles. The van der Waals surface area contributed by atoms with Crippen LogP contribution in [0.25, 0.3) is 33.1 Å². The molecule has 0 saturated carbocycles. The molecular formula is C34H34ClF3N6O6. The molecule has 16 heteroatoms. The number of carboxylic acid groups (broad SMARTS) is 1. The highest BCUT2D eigenvalue weighted by atomic mass is 35.5. The van der Waals surface area contributed by atoms with Gasteiger partial charge in [0.05, 0.1) is 17.6 Å². The molecule has 2 saturated heterocycles. The number of carboxylic acids is 1. The molecule has 1 N–H and O–H groups in total. The molecule has 2 fully saturated rings. The molecule has 2 aliphatic heterocycles. The number of aliphatic carboxylic acids is 1. The highest BCUT2D eigenvalue weighted by Crippen LogP contribution is 2.41. The Bertz CT molecular complexity index is 2130. The van der Waals surface area contributed by atoms with Gasteiger partial charge in [-0.25, -0.2) is 19.6 Å². The number of hydrogen-bond acceptors (Lipinski definition) is 9. The van der Waals surface area contributed by atoms with E-state index in [0.29, 0.717) is 35.4 Å². The summed E-state index contributed by atoms with van der Waals surface area (Å²) in [5.74, 6) is -3.04. The Hall–Kier alpha value is -4.79. The minimum atomic E-state index is -4.91. The minimum Gasteiger partial charge on any atom is -0.480 e. The number of ether oxygens (including phenoxy) is 2. The standard InChI is InChI=1S/C34H34ClF3N6O6/c1-17-15-42(32(47)50-33(2,3)4)12-11-22(17)44-23-10-9-18(35)13-21(23)39-31(44)48-19-14-24(29(45)46)43(16-19)28-27-26(40-30(41-28)34(36,37)38)20-7-5-6-8-25(20)49-27/h5-10,13,17,19,22,24H,11-12,14-16H2,1-4H3,(H,45,46)/t17-,19-,22-,24-/m0/s1. The van der Waals surface area contributed by atoms with Gasteiger partial charge in [0.25, 0.3) is 6.01 Å². The third-order valence-electron chi connectivity index (χ3n) is 9.01. The predicted octanol–water partition coefficient (Wildman–Crippen LogP) is 7.33. The van der Waals surface area contributed by atoms with Gasteiger partial charge in [0, 0.05) is 36.0 Å². The summed E-state index contributed by atoms with van der Waals surface area (Å²) in [6, 6.07) is 10.5. The number of carbonyl (C=O) groups is 2. The number of fused-ring (bicyclic) bond motifs is 4. The maximum atomic E-state index is 14.1. The molecule has 0 bridgehead atoms. The van der Waals surface area contributed by atoms with Crippen LogP contribution in [-0.2, 0) is 15.7 Å². The summed E-state index contributed by atoms with van der Waals surface area (Å²) in [6.07, 6.45) is -5.66. The van der Waals surface area contributed by atoms with E-state index >= 15 is 0 Å². The fraction of sp³-hybridized carbons (Fsp3) is 0.441. The van der Waals surface area contributed by atoms with Gasteiger partial charge in [0.15, 0.2) is 11.4 Å². The summed E-state index contributed by atoms with van der Waals surface area (Å²) in [5, 5.41) is 11.1. The van der Waals surface area contributed by atoms with Crippen LogP contribution in [0.1, 0.15) is 52.4 Å². The van der Waals surface area contributed by atoms with Crippen LogP contribution in [0.4, 0.5) is 23.8 Å². The quantitative estimate of drug-likeness (QED) is 0.197. The van der Waals surface area contributed by atoms with Crippen molar-refractivity contribution in [3.63, 3.8) is 0 Å². The highest BCUT2D eigenvalue weighted by molar-refractivity contribution is 6.31. The number of amides is 1. The number of carbonyl (C=O) groups excluding carboxylic acids is 1. The Kier molecular flexibility index (Phi) is 8.23. The molecule has 264 valence electrons. The molecule has 12 nitrogen and oxygen atoms in total. The number of hydrogen-bond donors (Lipinski definition) is 1. The maximum absolute atomic E-state index is 14.1. The number of halogens is 4. The average Bonchev–Trinajstić information content (AvgIpc) is 3.72. The van der Waals surface area contributed by atoms with Crippen molar-refractivity contribution in [1.82, 2.24) is 24.4 Å². The molecule has 5 aromatic rings. The van der Waals surface area contributed by atoms with E-state index in [1.807, 2.05) is 38.3 Å². The van der Waals surface area contributed by atoms with E-state index < -0.39 is 41.8 Å². The second kappa shape index (κ2) is 12.2. The monoisotopic (exact) mass is 714 g/mol. The van der Waals surface area contributed by atoms with E-state index in [4.69, 9.17) is 30.5 Å². The van der Waals surface area contributed by atoms with Gasteiger partial charge in [0.2, 0.25) is 5.82 Å². The molecule has 0 radical (unpaired) electrons. The second-order valence-corrected chi connectivity index (χ2v) is 14.2. The number of alkyl halides is 3. The zero-order valence-corrected chi connectivity index (χ0v) is 28.3. The number of anilines is 1. The van der Waals surface area contributed by atoms with Crippen LogP contribution in [0, 0.1) is 5.92 Å². The second-order valence-electron chi connectivity index (χ2n) is 13.8. The van der Waals surface area contributed by atoms with Crippen LogP contribution in [0.3, 0.4) is 0 Å². The first-order chi connectivity index (χ1) is 23.6. The fourth-order valence-corrected chi connectivity index (χ4v) is 7.03. The van der Waals surface area contributed by atoms with Gasteiger partial charge in [-0.3, -0.25) is 4.57 Å². The lowest BCUT2D eigenvalue weighted by molar-refractivity contribution is -0.144. The summed E-state index contributed by atoms with van der Waals surface area (Å²) in [6.45, 7) is 8.14. The molecule has 5 heterocycles. The molecule has 7 rings (SSSR count). The topological polar surface area (TPSA) is 136 Å². The lowest BCUT2D eigenvalue weighted by Gasteiger charge is -2.38. The Morgan fingerprint density at radius 2 is 1.82 bits per heavy atom. The first kappa shape index (κ1) is 33.7. The smallest absolute Gasteiger partial charge is 0.451 e. The number of furan rings is 1. The summed E-state index contributed by atoms with van der Waals surface area (Å²) in [7, 11) is 0. The minimum absolute atomic E-state index is 0.0569. The number of para-hydroxylation sites is 1. The maximum Gasteiger partial charge on any atom is 0.451 e. The molecular weight excluding hydrogens is 681 g/mol. The van der Waals surface area contributed by atoms with Crippen molar-refractivity contribution in [3.8, 4) is 6.01 Å². The summed E-state index contributed by atoms with van der Waals surface area (Å²) < 4.78 is 62.1. The van der Waals surface area contributed by atoms with Crippen molar-refractivity contribution in [1.29, 1.82) is 0 Å². The molecule has 2 aliphatic rings. The van der Waals surface area contributed by atoms with Crippen LogP contribution >= 0.6 is 11.6 Å². The van der Waals surface area contributed by atoms with Gasteiger partial charge in [0.1, 0.15) is 28.8 Å². The van der Waals surface area contributed by atoms with E-state index in [0.717, 1.165) is 5.52 Å². The van der Waals surface area contributed by atoms with Crippen LogP contribution in [0.15, 0.2) is 46.9 Å². The first-order valence-corrected chi connectivity index (χ1v) is 16.5. The van der Waals surface area contributed by atoms with Crippen molar-refractivity contribution in [3.05, 3.63) is 53.3 Å². The number of likely N-dealkylation sites (tertiary alicyclic amines) is 1. The Morgan fingerprint density at radius 1 is 1.06 bits per heavy atom. The number of benzene rings is 2. The summed E-state index contributed by atoms with van der Waals surface area (Å²) in [4.78, 5) is 40.7. The van der Waals surface area contributed by atoms with Crippen molar-refractivity contribution < 1.29 is 41.8 Å². The number of aromatic nitrogens is 4. The zero-order valence-electron chi connectivity index (χ0n) is 27.6. The van der Waals surface area contributed by atoms with Gasteiger partial charge in [-0.2, -0.15) is 18.2 Å². The molecule has 50 heavy (non-hydrogen) atoms. The lowest BCUT2D eigenvalue weighted by atomic mass is 9.93. The third-order valence-corrected chi connectivity index (χ3v) is 9.24. The summed E-state index contributed by atoms with van der Waals surface area (Å²) >= 11 is 6.31. The van der Waals surface area contributed by atoms with Crippen LogP contribution in [-0.4, -0.2) is 79.0 Å². The molecule has 1 amide bonds. The van der Waals surface area contributed by atoms with E-state index in [1.165, 1.54) is 4.90 Å². The number of rotatable bonds is 5. The van der Waals surface area contributed by atoms with Crippen LogP contribution in [0.2, 0.25) is 5.02 Å². The van der Waals surface area contributed by atoms with Gasteiger partial charge >= 0.3 is 18.2 Å². The molecule has 2 aromatic carbocycles. The van der Waals surface area contributed by atoms with Crippen molar-refractivity contribution in [2.75, 3.05) is 24.5 Å². The average molecular weight is 715 g/mol. The Labute approximate surface area is 288 Å². The Balaban J connectivity index is 1.23.